The molecule has 1 aliphatic heterocycles. The molecule has 6 heteroatoms. The van der Waals surface area contributed by atoms with Crippen molar-refractivity contribution in [1.29, 1.82) is 0 Å². The summed E-state index contributed by atoms with van der Waals surface area (Å²) in [5, 5.41) is 16.7. The summed E-state index contributed by atoms with van der Waals surface area (Å²) in [7, 11) is 0. The molecule has 1 aromatic heterocycles. The Morgan fingerprint density at radius 2 is 2.11 bits per heavy atom. The van der Waals surface area contributed by atoms with Crippen LogP contribution in [0, 0.1) is 6.92 Å². The van der Waals surface area contributed by atoms with Crippen molar-refractivity contribution in [3.63, 3.8) is 0 Å². The van der Waals surface area contributed by atoms with E-state index in [9.17, 15) is 5.11 Å². The second kappa shape index (κ2) is 6.16. The number of nitrogens with one attached hydrogen (secondary N) is 2. The van der Waals surface area contributed by atoms with Gasteiger partial charge in [0.05, 0.1) is 6.61 Å². The summed E-state index contributed by atoms with van der Waals surface area (Å²) >= 11 is 0. The van der Waals surface area contributed by atoms with Crippen molar-refractivity contribution in [2.75, 3.05) is 36.9 Å². The van der Waals surface area contributed by atoms with E-state index >= 15 is 0 Å². The third-order valence-electron chi connectivity index (χ3n) is 3.29. The van der Waals surface area contributed by atoms with Crippen LogP contribution in [0.25, 0.3) is 0 Å². The van der Waals surface area contributed by atoms with Gasteiger partial charge in [-0.2, -0.15) is 0 Å². The molecule has 1 fully saturated rings. The first-order valence-electron chi connectivity index (χ1n) is 6.74. The predicted molar refractivity (Wildman–Crippen MR) is 74.4 cm³/mol. The molecule has 1 saturated heterocycles. The Hall–Kier alpha value is -1.40. The molecule has 0 bridgehead atoms. The first-order chi connectivity index (χ1) is 9.14. The predicted octanol–water partition coefficient (Wildman–Crippen LogP) is 1.17. The van der Waals surface area contributed by atoms with Gasteiger partial charge in [0.2, 0.25) is 0 Å². The van der Waals surface area contributed by atoms with Gasteiger partial charge in [0.1, 0.15) is 23.6 Å². The van der Waals surface area contributed by atoms with E-state index in [2.05, 4.69) is 27.5 Å². The first kappa shape index (κ1) is 14.0. The Kier molecular flexibility index (Phi) is 4.55. The third kappa shape index (κ3) is 3.54. The van der Waals surface area contributed by atoms with Crippen LogP contribution in [-0.2, 0) is 4.74 Å². The molecule has 0 radical (unpaired) electrons. The fraction of sp³-hybridized carbons (Fsp3) is 0.692. The highest BCUT2D eigenvalue weighted by Gasteiger charge is 2.32. The molecular formula is C13H22N4O2. The van der Waals surface area contributed by atoms with Gasteiger partial charge in [0, 0.05) is 31.7 Å². The van der Waals surface area contributed by atoms with Gasteiger partial charge in [-0.25, -0.2) is 9.97 Å². The molecule has 3 N–H and O–H groups in total. The van der Waals surface area contributed by atoms with Crippen LogP contribution in [0.2, 0.25) is 0 Å². The highest BCUT2D eigenvalue weighted by Crippen LogP contribution is 2.22. The number of hydrogen-bond acceptors (Lipinski definition) is 6. The minimum Gasteiger partial charge on any atom is -0.386 e. The average molecular weight is 266 g/mol. The standard InChI is InChI=1S/C13H22N4O2/c1-3-5-14-11-10(2)12(17-9-16-11)15-7-13(18)4-6-19-8-13/h9,18H,3-8H2,1-2H3,(H2,14,15,16,17). The molecule has 19 heavy (non-hydrogen) atoms. The molecule has 106 valence electrons. The quantitative estimate of drug-likeness (QED) is 0.717. The lowest BCUT2D eigenvalue weighted by atomic mass is 10.0. The molecular weight excluding hydrogens is 244 g/mol. The van der Waals surface area contributed by atoms with Crippen LogP contribution in [0.15, 0.2) is 6.33 Å². The first-order valence-corrected chi connectivity index (χ1v) is 6.74. The lowest BCUT2D eigenvalue weighted by molar-refractivity contribution is 0.0381. The highest BCUT2D eigenvalue weighted by atomic mass is 16.5. The maximum atomic E-state index is 10.2. The number of hydrogen-bond donors (Lipinski definition) is 3. The Labute approximate surface area is 113 Å². The van der Waals surface area contributed by atoms with E-state index in [0.717, 1.165) is 30.2 Å². The monoisotopic (exact) mass is 266 g/mol. The summed E-state index contributed by atoms with van der Waals surface area (Å²) in [6.07, 6.45) is 3.23. The zero-order valence-corrected chi connectivity index (χ0v) is 11.6. The van der Waals surface area contributed by atoms with Gasteiger partial charge in [-0.05, 0) is 13.3 Å². The molecule has 0 saturated carbocycles. The molecule has 2 rings (SSSR count). The second-order valence-corrected chi connectivity index (χ2v) is 5.00. The molecule has 1 aromatic rings. The number of ether oxygens (including phenoxy) is 1. The molecule has 1 atom stereocenters. The second-order valence-electron chi connectivity index (χ2n) is 5.00. The van der Waals surface area contributed by atoms with Crippen LogP contribution in [0.3, 0.4) is 0 Å². The van der Waals surface area contributed by atoms with Crippen molar-refractivity contribution < 1.29 is 9.84 Å². The summed E-state index contributed by atoms with van der Waals surface area (Å²) in [6.45, 7) is 6.40. The van der Waals surface area contributed by atoms with E-state index in [1.54, 1.807) is 0 Å². The Morgan fingerprint density at radius 1 is 1.37 bits per heavy atom. The molecule has 6 nitrogen and oxygen atoms in total. The fourth-order valence-corrected chi connectivity index (χ4v) is 2.03. The van der Waals surface area contributed by atoms with E-state index in [1.807, 2.05) is 6.92 Å². The lowest BCUT2D eigenvalue weighted by Gasteiger charge is -2.22. The molecule has 0 aliphatic carbocycles. The topological polar surface area (TPSA) is 79.3 Å². The summed E-state index contributed by atoms with van der Waals surface area (Å²) in [5.41, 5.74) is 0.187. The van der Waals surface area contributed by atoms with Gasteiger partial charge >= 0.3 is 0 Å². The van der Waals surface area contributed by atoms with Crippen molar-refractivity contribution >= 4 is 11.6 Å². The summed E-state index contributed by atoms with van der Waals surface area (Å²) in [4.78, 5) is 8.45. The molecule has 1 unspecified atom stereocenters. The van der Waals surface area contributed by atoms with E-state index in [4.69, 9.17) is 4.74 Å². The number of nitrogens with zero attached hydrogens (tertiary/aromatic N) is 2. The molecule has 0 spiro atoms. The van der Waals surface area contributed by atoms with Crippen LogP contribution in [0.4, 0.5) is 11.6 Å². The third-order valence-corrected chi connectivity index (χ3v) is 3.29. The van der Waals surface area contributed by atoms with Crippen LogP contribution in [0.1, 0.15) is 25.3 Å². The Bertz CT molecular complexity index is 419. The number of anilines is 2. The van der Waals surface area contributed by atoms with Crippen LogP contribution < -0.4 is 10.6 Å². The zero-order valence-electron chi connectivity index (χ0n) is 11.6. The van der Waals surface area contributed by atoms with Gasteiger partial charge in [0.25, 0.3) is 0 Å². The van der Waals surface area contributed by atoms with Crippen molar-refractivity contribution in [3.05, 3.63) is 11.9 Å². The van der Waals surface area contributed by atoms with Crippen LogP contribution >= 0.6 is 0 Å². The lowest BCUT2D eigenvalue weighted by Crippen LogP contribution is -2.37. The summed E-state index contributed by atoms with van der Waals surface area (Å²) in [6, 6.07) is 0. The van der Waals surface area contributed by atoms with E-state index in [1.165, 1.54) is 6.33 Å². The minimum absolute atomic E-state index is 0.380. The van der Waals surface area contributed by atoms with Gasteiger partial charge in [-0.3, -0.25) is 0 Å². The smallest absolute Gasteiger partial charge is 0.134 e. The van der Waals surface area contributed by atoms with E-state index in [-0.39, 0.29) is 0 Å². The van der Waals surface area contributed by atoms with E-state index < -0.39 is 5.60 Å². The largest absolute Gasteiger partial charge is 0.386 e. The molecule has 0 amide bonds. The number of rotatable bonds is 6. The Morgan fingerprint density at radius 3 is 2.74 bits per heavy atom. The molecule has 2 heterocycles. The number of aromatic nitrogens is 2. The average Bonchev–Trinajstić information content (AvgIpc) is 2.84. The van der Waals surface area contributed by atoms with Crippen LogP contribution in [0.5, 0.6) is 0 Å². The SMILES string of the molecule is CCCNc1ncnc(NCC2(O)CCOC2)c1C. The number of aliphatic hydroxyl groups is 1. The maximum Gasteiger partial charge on any atom is 0.134 e. The van der Waals surface area contributed by atoms with Gasteiger partial charge < -0.3 is 20.5 Å². The zero-order chi connectivity index (χ0) is 13.7. The minimum atomic E-state index is -0.783. The van der Waals surface area contributed by atoms with Gasteiger partial charge in [-0.1, -0.05) is 6.92 Å². The summed E-state index contributed by atoms with van der Waals surface area (Å²) in [5.74, 6) is 1.60. The van der Waals surface area contributed by atoms with Gasteiger partial charge in [-0.15, -0.1) is 0 Å². The Balaban J connectivity index is 1.99. The van der Waals surface area contributed by atoms with Gasteiger partial charge in [0.15, 0.2) is 0 Å². The summed E-state index contributed by atoms with van der Waals surface area (Å²) < 4.78 is 5.22. The normalized spacial score (nSPS) is 22.5. The maximum absolute atomic E-state index is 10.2. The van der Waals surface area contributed by atoms with E-state index in [0.29, 0.717) is 26.2 Å². The van der Waals surface area contributed by atoms with Crippen molar-refractivity contribution in [1.82, 2.24) is 9.97 Å². The van der Waals surface area contributed by atoms with Crippen molar-refractivity contribution in [3.8, 4) is 0 Å². The van der Waals surface area contributed by atoms with Crippen molar-refractivity contribution in [2.45, 2.75) is 32.3 Å². The fourth-order valence-electron chi connectivity index (χ4n) is 2.03. The molecule has 1 aliphatic rings. The highest BCUT2D eigenvalue weighted by molar-refractivity contribution is 5.56. The van der Waals surface area contributed by atoms with Crippen molar-refractivity contribution in [2.24, 2.45) is 0 Å². The molecule has 0 aromatic carbocycles. The van der Waals surface area contributed by atoms with Crippen LogP contribution in [-0.4, -0.2) is 47.0 Å².